The second kappa shape index (κ2) is 9.50. The molecule has 0 radical (unpaired) electrons. The van der Waals surface area contributed by atoms with E-state index in [4.69, 9.17) is 4.74 Å². The number of carbonyl (C=O) groups is 3. The maximum atomic E-state index is 12.7. The van der Waals surface area contributed by atoms with Gasteiger partial charge in [0.15, 0.2) is 0 Å². The third-order valence-electron chi connectivity index (χ3n) is 3.65. The summed E-state index contributed by atoms with van der Waals surface area (Å²) in [5.41, 5.74) is -0.501. The van der Waals surface area contributed by atoms with Crippen molar-refractivity contribution in [2.45, 2.75) is 20.8 Å². The van der Waals surface area contributed by atoms with Crippen molar-refractivity contribution in [3.8, 4) is 0 Å². The maximum absolute atomic E-state index is 12.7. The van der Waals surface area contributed by atoms with Crippen molar-refractivity contribution in [3.05, 3.63) is 39.4 Å². The Bertz CT molecular complexity index is 702. The molecule has 0 aliphatic carbocycles. The highest BCUT2D eigenvalue weighted by atomic mass is 16.6. The molecule has 0 N–H and O–H groups in total. The molecule has 0 fully saturated rings. The van der Waals surface area contributed by atoms with Crippen LogP contribution in [-0.4, -0.2) is 54.5 Å². The summed E-state index contributed by atoms with van der Waals surface area (Å²) >= 11 is 0. The minimum atomic E-state index is -0.753. The number of nitro groups is 1. The van der Waals surface area contributed by atoms with Crippen LogP contribution in [0.5, 0.6) is 0 Å². The largest absolute Gasteiger partial charge is 0.469 e. The van der Waals surface area contributed by atoms with E-state index in [1.165, 1.54) is 18.1 Å². The first-order chi connectivity index (χ1) is 12.2. The molecule has 0 saturated carbocycles. The smallest absolute Gasteiger partial charge is 0.338 e. The molecule has 1 rings (SSSR count). The molecule has 142 valence electrons. The molecule has 0 unspecified atom stereocenters. The van der Waals surface area contributed by atoms with Crippen LogP contribution < -0.4 is 0 Å². The van der Waals surface area contributed by atoms with Gasteiger partial charge in [0.05, 0.1) is 30.1 Å². The van der Waals surface area contributed by atoms with Crippen molar-refractivity contribution in [2.24, 2.45) is 5.92 Å². The van der Waals surface area contributed by atoms with Crippen LogP contribution in [0.2, 0.25) is 0 Å². The van der Waals surface area contributed by atoms with Crippen LogP contribution in [-0.2, 0) is 14.3 Å². The van der Waals surface area contributed by atoms with Gasteiger partial charge in [-0.2, -0.15) is 0 Å². The molecule has 1 aromatic carbocycles. The number of ether oxygens (including phenoxy) is 2. The molecular formula is C17H22N2O7. The van der Waals surface area contributed by atoms with Crippen LogP contribution in [0, 0.1) is 16.0 Å². The van der Waals surface area contributed by atoms with E-state index in [1.54, 1.807) is 20.8 Å². The molecular weight excluding hydrogens is 344 g/mol. The van der Waals surface area contributed by atoms with Crippen molar-refractivity contribution in [2.75, 3.05) is 26.8 Å². The first-order valence-corrected chi connectivity index (χ1v) is 8.08. The molecule has 0 heterocycles. The Labute approximate surface area is 151 Å². The molecule has 26 heavy (non-hydrogen) atoms. The molecule has 9 nitrogen and oxygen atoms in total. The van der Waals surface area contributed by atoms with Gasteiger partial charge in [0.1, 0.15) is 0 Å². The predicted octanol–water partition coefficient (Wildman–Crippen LogP) is 2.04. The van der Waals surface area contributed by atoms with Crippen LogP contribution in [0.1, 0.15) is 41.5 Å². The lowest BCUT2D eigenvalue weighted by atomic mass is 10.1. The molecule has 1 atom stereocenters. The molecule has 0 bridgehead atoms. The Morgan fingerprint density at radius 1 is 1.19 bits per heavy atom. The summed E-state index contributed by atoms with van der Waals surface area (Å²) in [4.78, 5) is 48.0. The predicted molar refractivity (Wildman–Crippen MR) is 91.8 cm³/mol. The fourth-order valence-electron chi connectivity index (χ4n) is 2.32. The number of carbonyl (C=O) groups excluding carboxylic acids is 3. The van der Waals surface area contributed by atoms with Gasteiger partial charge in [-0.05, 0) is 19.9 Å². The number of hydrogen-bond donors (Lipinski definition) is 0. The third kappa shape index (κ3) is 5.27. The standard InChI is InChI=1S/C17H22N2O7/c1-5-18(10-11(3)16(21)25-4)15(20)12-7-13(17(22)26-6-2)9-14(8-12)19(23)24/h7-9,11H,5-6,10H2,1-4H3/t11-/m0/s1. The van der Waals surface area contributed by atoms with Crippen molar-refractivity contribution in [3.63, 3.8) is 0 Å². The van der Waals surface area contributed by atoms with Gasteiger partial charge in [-0.1, -0.05) is 6.92 Å². The number of hydrogen-bond acceptors (Lipinski definition) is 7. The second-order valence-electron chi connectivity index (χ2n) is 5.51. The average Bonchev–Trinajstić information content (AvgIpc) is 2.64. The quantitative estimate of drug-likeness (QED) is 0.393. The Morgan fingerprint density at radius 3 is 2.31 bits per heavy atom. The molecule has 0 saturated heterocycles. The van der Waals surface area contributed by atoms with Crippen molar-refractivity contribution < 1.29 is 28.8 Å². The summed E-state index contributed by atoms with van der Waals surface area (Å²) in [6, 6.07) is 3.40. The van der Waals surface area contributed by atoms with Crippen LogP contribution in [0.3, 0.4) is 0 Å². The molecule has 0 aliphatic rings. The van der Waals surface area contributed by atoms with E-state index >= 15 is 0 Å². The van der Waals surface area contributed by atoms with Crippen molar-refractivity contribution in [1.82, 2.24) is 4.90 Å². The number of esters is 2. The first kappa shape index (κ1) is 21.1. The number of amides is 1. The van der Waals surface area contributed by atoms with Crippen LogP contribution in [0.15, 0.2) is 18.2 Å². The summed E-state index contributed by atoms with van der Waals surface area (Å²) in [7, 11) is 1.25. The van der Waals surface area contributed by atoms with E-state index in [-0.39, 0.29) is 30.8 Å². The van der Waals surface area contributed by atoms with E-state index in [0.29, 0.717) is 0 Å². The van der Waals surface area contributed by atoms with E-state index < -0.39 is 34.4 Å². The van der Waals surface area contributed by atoms with Gasteiger partial charge in [0.2, 0.25) is 0 Å². The molecule has 0 aromatic heterocycles. The first-order valence-electron chi connectivity index (χ1n) is 8.08. The number of methoxy groups -OCH3 is 1. The van der Waals surface area contributed by atoms with E-state index in [1.807, 2.05) is 0 Å². The highest BCUT2D eigenvalue weighted by Gasteiger charge is 2.24. The van der Waals surface area contributed by atoms with Crippen LogP contribution in [0.4, 0.5) is 5.69 Å². The number of benzene rings is 1. The fourth-order valence-corrected chi connectivity index (χ4v) is 2.32. The van der Waals surface area contributed by atoms with Gasteiger partial charge in [0, 0.05) is 30.8 Å². The zero-order valence-electron chi connectivity index (χ0n) is 15.2. The van der Waals surface area contributed by atoms with Crippen molar-refractivity contribution >= 4 is 23.5 Å². The minimum Gasteiger partial charge on any atom is -0.469 e. The summed E-state index contributed by atoms with van der Waals surface area (Å²) in [6.07, 6.45) is 0. The lowest BCUT2D eigenvalue weighted by Gasteiger charge is -2.23. The van der Waals surface area contributed by atoms with E-state index in [2.05, 4.69) is 4.74 Å². The molecule has 9 heteroatoms. The highest BCUT2D eigenvalue weighted by molar-refractivity contribution is 5.99. The maximum Gasteiger partial charge on any atom is 0.338 e. The summed E-state index contributed by atoms with van der Waals surface area (Å²) in [6.45, 7) is 5.39. The Balaban J connectivity index is 3.21. The van der Waals surface area contributed by atoms with E-state index in [9.17, 15) is 24.5 Å². The van der Waals surface area contributed by atoms with Gasteiger partial charge in [-0.25, -0.2) is 4.79 Å². The van der Waals surface area contributed by atoms with Crippen LogP contribution >= 0.6 is 0 Å². The zero-order valence-corrected chi connectivity index (χ0v) is 15.2. The third-order valence-corrected chi connectivity index (χ3v) is 3.65. The second-order valence-corrected chi connectivity index (χ2v) is 5.51. The minimum absolute atomic E-state index is 0.0267. The summed E-state index contributed by atoms with van der Waals surface area (Å²) < 4.78 is 9.49. The number of nitrogens with zero attached hydrogens (tertiary/aromatic N) is 2. The topological polar surface area (TPSA) is 116 Å². The summed E-state index contributed by atoms with van der Waals surface area (Å²) in [5, 5.41) is 11.1. The number of rotatable bonds is 8. The Morgan fingerprint density at radius 2 is 1.81 bits per heavy atom. The molecule has 0 aliphatic heterocycles. The molecule has 1 amide bonds. The lowest BCUT2D eigenvalue weighted by molar-refractivity contribution is -0.384. The molecule has 1 aromatic rings. The highest BCUT2D eigenvalue weighted by Crippen LogP contribution is 2.20. The summed E-state index contributed by atoms with van der Waals surface area (Å²) in [5.74, 6) is -2.32. The van der Waals surface area contributed by atoms with Crippen molar-refractivity contribution in [1.29, 1.82) is 0 Å². The monoisotopic (exact) mass is 366 g/mol. The number of nitro benzene ring substituents is 1. The van der Waals surface area contributed by atoms with Gasteiger partial charge in [-0.15, -0.1) is 0 Å². The SMILES string of the molecule is CCOC(=O)c1cc(C(=O)N(CC)C[C@H](C)C(=O)OC)cc([N+](=O)[O-])c1. The number of non-ortho nitro benzene ring substituents is 1. The zero-order chi connectivity index (χ0) is 19.9. The fraction of sp³-hybridized carbons (Fsp3) is 0.471. The van der Waals surface area contributed by atoms with Gasteiger partial charge in [0.25, 0.3) is 11.6 Å². The normalized spacial score (nSPS) is 11.4. The Kier molecular flexibility index (Phi) is 7.70. The van der Waals surface area contributed by atoms with E-state index in [0.717, 1.165) is 12.1 Å². The Hall–Kier alpha value is -2.97. The van der Waals surface area contributed by atoms with Gasteiger partial charge in [-0.3, -0.25) is 19.7 Å². The lowest BCUT2D eigenvalue weighted by Crippen LogP contribution is -2.37. The van der Waals surface area contributed by atoms with Gasteiger partial charge >= 0.3 is 11.9 Å². The average molecular weight is 366 g/mol. The van der Waals surface area contributed by atoms with Gasteiger partial charge < -0.3 is 14.4 Å². The molecule has 0 spiro atoms. The van der Waals surface area contributed by atoms with Crippen LogP contribution in [0.25, 0.3) is 0 Å².